The molecule has 0 bridgehead atoms. The molecule has 1 aromatic heterocycles. The molecule has 9 heteroatoms. The van der Waals surface area contributed by atoms with E-state index in [1.54, 1.807) is 29.3 Å². The number of carbonyl (C=O) groups is 2. The Morgan fingerprint density at radius 3 is 2.54 bits per heavy atom. The maximum absolute atomic E-state index is 13.4. The zero-order valence-corrected chi connectivity index (χ0v) is 20.7. The van der Waals surface area contributed by atoms with Crippen molar-refractivity contribution in [2.45, 2.75) is 50.6 Å². The smallest absolute Gasteiger partial charge is 0.244 e. The summed E-state index contributed by atoms with van der Waals surface area (Å²) in [6.45, 7) is 5.23. The van der Waals surface area contributed by atoms with Crippen LogP contribution in [0.2, 0.25) is 0 Å². The Morgan fingerprint density at radius 2 is 1.86 bits per heavy atom. The number of aryl methyl sites for hydroxylation is 1. The fourth-order valence-corrected chi connectivity index (χ4v) is 5.61. The molecule has 2 amide bonds. The Balaban J connectivity index is 1.62. The Hall–Kier alpha value is -3.56. The number of pyridine rings is 1. The Labute approximate surface area is 205 Å². The first-order valence-electron chi connectivity index (χ1n) is 11.4. The van der Waals surface area contributed by atoms with E-state index in [1.807, 2.05) is 50.2 Å². The molecule has 0 spiro atoms. The summed E-state index contributed by atoms with van der Waals surface area (Å²) in [5, 5.41) is 2.75. The van der Waals surface area contributed by atoms with E-state index in [4.69, 9.17) is 0 Å². The Bertz CT molecular complexity index is 1360. The zero-order chi connectivity index (χ0) is 25.2. The van der Waals surface area contributed by atoms with Gasteiger partial charge in [-0.3, -0.25) is 9.59 Å². The van der Waals surface area contributed by atoms with E-state index in [0.717, 1.165) is 16.7 Å². The number of anilines is 2. The van der Waals surface area contributed by atoms with Crippen molar-refractivity contribution in [2.75, 3.05) is 10.2 Å². The predicted octanol–water partition coefficient (Wildman–Crippen LogP) is 3.22. The molecule has 0 saturated heterocycles. The molecule has 0 fully saturated rings. The molecule has 1 aliphatic heterocycles. The van der Waals surface area contributed by atoms with Gasteiger partial charge in [-0.05, 0) is 67.6 Å². The summed E-state index contributed by atoms with van der Waals surface area (Å²) in [7, 11) is -4.04. The summed E-state index contributed by atoms with van der Waals surface area (Å²) in [6.07, 6.45) is 2.29. The number of aromatic nitrogens is 1. The first-order valence-corrected chi connectivity index (χ1v) is 12.9. The van der Waals surface area contributed by atoms with Gasteiger partial charge >= 0.3 is 0 Å². The number of nitrogens with zero attached hydrogens (tertiary/aromatic N) is 2. The lowest BCUT2D eigenvalue weighted by atomic mass is 10.1. The van der Waals surface area contributed by atoms with Crippen LogP contribution in [0.25, 0.3) is 0 Å². The van der Waals surface area contributed by atoms with Crippen molar-refractivity contribution in [2.24, 2.45) is 0 Å². The van der Waals surface area contributed by atoms with Gasteiger partial charge in [-0.25, -0.2) is 13.4 Å². The molecule has 0 aliphatic carbocycles. The average Bonchev–Trinajstić information content (AvgIpc) is 3.15. The lowest BCUT2D eigenvalue weighted by Crippen LogP contribution is -2.45. The Kier molecular flexibility index (Phi) is 7.00. The SMILES string of the molecule is CC(=O)N1c2ccc(S(=O)(=O)N[C@@H](Cc3ccccc3)C(=O)Nc3ncccc3C)cc2C[C@H]1C. The van der Waals surface area contributed by atoms with E-state index in [9.17, 15) is 18.0 Å². The highest BCUT2D eigenvalue weighted by Gasteiger charge is 2.32. The standard InChI is InChI=1S/C26H28N4O4S/c1-17-8-7-13-27-25(17)28-26(32)23(15-20-9-5-4-6-10-20)29-35(33,34)22-11-12-24-21(16-22)14-18(2)30(24)19(3)31/h4-13,16,18,23,29H,14-15H2,1-3H3,(H,27,28,32)/t18-,23+/m1/s1. The van der Waals surface area contributed by atoms with Gasteiger partial charge in [0.05, 0.1) is 4.90 Å². The molecule has 2 heterocycles. The van der Waals surface area contributed by atoms with Gasteiger partial charge < -0.3 is 10.2 Å². The van der Waals surface area contributed by atoms with E-state index in [0.29, 0.717) is 17.9 Å². The molecule has 2 N–H and O–H groups in total. The third-order valence-corrected chi connectivity index (χ3v) is 7.53. The molecule has 2 atom stereocenters. The van der Waals surface area contributed by atoms with Gasteiger partial charge in [-0.1, -0.05) is 36.4 Å². The minimum absolute atomic E-state index is 0.0494. The maximum Gasteiger partial charge on any atom is 0.244 e. The molecular formula is C26H28N4O4S. The summed E-state index contributed by atoms with van der Waals surface area (Å²) < 4.78 is 29.3. The summed E-state index contributed by atoms with van der Waals surface area (Å²) in [6, 6.07) is 16.4. The molecule has 182 valence electrons. The Morgan fingerprint density at radius 1 is 1.11 bits per heavy atom. The number of fused-ring (bicyclic) bond motifs is 1. The van der Waals surface area contributed by atoms with Crippen LogP contribution in [0.1, 0.15) is 30.5 Å². The second-order valence-corrected chi connectivity index (χ2v) is 10.5. The highest BCUT2D eigenvalue weighted by molar-refractivity contribution is 7.89. The van der Waals surface area contributed by atoms with Gasteiger partial charge in [0.15, 0.2) is 0 Å². The van der Waals surface area contributed by atoms with Gasteiger partial charge in [0.1, 0.15) is 11.9 Å². The third-order valence-electron chi connectivity index (χ3n) is 6.06. The van der Waals surface area contributed by atoms with Crippen molar-refractivity contribution < 1.29 is 18.0 Å². The van der Waals surface area contributed by atoms with Gasteiger partial charge in [0.2, 0.25) is 21.8 Å². The molecule has 4 rings (SSSR count). The van der Waals surface area contributed by atoms with Gasteiger partial charge in [0.25, 0.3) is 0 Å². The van der Waals surface area contributed by atoms with Crippen LogP contribution in [0.5, 0.6) is 0 Å². The summed E-state index contributed by atoms with van der Waals surface area (Å²) >= 11 is 0. The normalized spacial score (nSPS) is 16.0. The van der Waals surface area contributed by atoms with Crippen molar-refractivity contribution in [3.63, 3.8) is 0 Å². The number of benzene rings is 2. The first-order chi connectivity index (χ1) is 16.7. The number of nitrogens with one attached hydrogen (secondary N) is 2. The van der Waals surface area contributed by atoms with Crippen LogP contribution < -0.4 is 14.9 Å². The number of sulfonamides is 1. The quantitative estimate of drug-likeness (QED) is 0.527. The van der Waals surface area contributed by atoms with Crippen molar-refractivity contribution in [1.82, 2.24) is 9.71 Å². The predicted molar refractivity (Wildman–Crippen MR) is 135 cm³/mol. The lowest BCUT2D eigenvalue weighted by Gasteiger charge is -2.21. The zero-order valence-electron chi connectivity index (χ0n) is 19.9. The second kappa shape index (κ2) is 9.97. The topological polar surface area (TPSA) is 108 Å². The molecule has 0 radical (unpaired) electrons. The van der Waals surface area contributed by atoms with E-state index in [1.165, 1.54) is 13.0 Å². The van der Waals surface area contributed by atoms with Crippen LogP contribution in [0.4, 0.5) is 11.5 Å². The summed E-state index contributed by atoms with van der Waals surface area (Å²) in [5.41, 5.74) is 3.08. The fraction of sp³-hybridized carbons (Fsp3) is 0.269. The fourth-order valence-electron chi connectivity index (χ4n) is 4.37. The van der Waals surface area contributed by atoms with E-state index in [2.05, 4.69) is 15.0 Å². The highest BCUT2D eigenvalue weighted by atomic mass is 32.2. The molecule has 0 unspecified atom stereocenters. The molecule has 0 saturated carbocycles. The maximum atomic E-state index is 13.4. The molecule has 8 nitrogen and oxygen atoms in total. The lowest BCUT2D eigenvalue weighted by molar-refractivity contribution is -0.118. The van der Waals surface area contributed by atoms with E-state index >= 15 is 0 Å². The van der Waals surface area contributed by atoms with Crippen molar-refractivity contribution in [3.05, 3.63) is 83.6 Å². The summed E-state index contributed by atoms with van der Waals surface area (Å²) in [5.74, 6) is -0.211. The molecule has 35 heavy (non-hydrogen) atoms. The number of hydrogen-bond donors (Lipinski definition) is 2. The monoisotopic (exact) mass is 492 g/mol. The van der Waals surface area contributed by atoms with Crippen molar-refractivity contribution in [1.29, 1.82) is 0 Å². The van der Waals surface area contributed by atoms with E-state index < -0.39 is 22.0 Å². The molecule has 2 aromatic carbocycles. The van der Waals surface area contributed by atoms with Crippen LogP contribution in [-0.2, 0) is 32.5 Å². The number of amides is 2. The van der Waals surface area contributed by atoms with Crippen LogP contribution in [-0.4, -0.2) is 37.3 Å². The minimum atomic E-state index is -4.04. The minimum Gasteiger partial charge on any atom is -0.309 e. The largest absolute Gasteiger partial charge is 0.309 e. The van der Waals surface area contributed by atoms with Crippen LogP contribution in [0, 0.1) is 6.92 Å². The van der Waals surface area contributed by atoms with Crippen molar-refractivity contribution >= 4 is 33.3 Å². The number of hydrogen-bond acceptors (Lipinski definition) is 5. The van der Waals surface area contributed by atoms with Gasteiger partial charge in [0, 0.05) is 24.8 Å². The van der Waals surface area contributed by atoms with Crippen molar-refractivity contribution in [3.8, 4) is 0 Å². The average molecular weight is 493 g/mol. The molecular weight excluding hydrogens is 464 g/mol. The number of carbonyl (C=O) groups excluding carboxylic acids is 2. The third kappa shape index (κ3) is 5.41. The summed E-state index contributed by atoms with van der Waals surface area (Å²) in [4.78, 5) is 31.1. The molecule has 3 aromatic rings. The van der Waals surface area contributed by atoms with Crippen LogP contribution >= 0.6 is 0 Å². The van der Waals surface area contributed by atoms with Gasteiger partial charge in [-0.15, -0.1) is 0 Å². The second-order valence-electron chi connectivity index (χ2n) is 8.75. The van der Waals surface area contributed by atoms with Gasteiger partial charge in [-0.2, -0.15) is 4.72 Å². The molecule has 1 aliphatic rings. The highest BCUT2D eigenvalue weighted by Crippen LogP contribution is 2.34. The van der Waals surface area contributed by atoms with Crippen LogP contribution in [0.15, 0.2) is 71.8 Å². The number of rotatable bonds is 7. The van der Waals surface area contributed by atoms with E-state index in [-0.39, 0.29) is 23.3 Å². The van der Waals surface area contributed by atoms with Crippen LogP contribution in [0.3, 0.4) is 0 Å². The first kappa shape index (κ1) is 24.6.